The van der Waals surface area contributed by atoms with Crippen molar-refractivity contribution in [2.75, 3.05) is 29.9 Å². The van der Waals surface area contributed by atoms with Crippen molar-refractivity contribution in [2.45, 2.75) is 59.8 Å². The van der Waals surface area contributed by atoms with Gasteiger partial charge in [-0.25, -0.2) is 9.97 Å². The average molecular weight is 290 g/mol. The van der Waals surface area contributed by atoms with Crippen LogP contribution in [-0.2, 0) is 6.42 Å². The number of rotatable bonds is 6. The van der Waals surface area contributed by atoms with Crippen molar-refractivity contribution in [1.82, 2.24) is 9.97 Å². The van der Waals surface area contributed by atoms with Crippen LogP contribution in [0.2, 0.25) is 0 Å². The molecule has 1 aliphatic heterocycles. The first kappa shape index (κ1) is 16.1. The Kier molecular flexibility index (Phi) is 5.83. The summed E-state index contributed by atoms with van der Waals surface area (Å²) in [5.41, 5.74) is 1.21. The van der Waals surface area contributed by atoms with E-state index < -0.39 is 0 Å². The molecule has 1 aromatic heterocycles. The fourth-order valence-electron chi connectivity index (χ4n) is 2.83. The summed E-state index contributed by atoms with van der Waals surface area (Å²) in [6.07, 6.45) is 5.70. The Labute approximate surface area is 129 Å². The molecule has 4 heteroatoms. The standard InChI is InChI=1S/C17H30N4/c1-5-7-15-19-16(18-10-6-2)14(4)17(20-15)21-11-8-13(3)9-12-21/h13H,5-12H2,1-4H3,(H,18,19,20). The first-order chi connectivity index (χ1) is 10.2. The van der Waals surface area contributed by atoms with E-state index in [0.717, 1.165) is 62.3 Å². The van der Waals surface area contributed by atoms with Gasteiger partial charge in [0.25, 0.3) is 0 Å². The van der Waals surface area contributed by atoms with E-state index in [2.05, 4.69) is 37.9 Å². The van der Waals surface area contributed by atoms with Crippen molar-refractivity contribution in [3.05, 3.63) is 11.4 Å². The summed E-state index contributed by atoms with van der Waals surface area (Å²) in [7, 11) is 0. The summed E-state index contributed by atoms with van der Waals surface area (Å²) < 4.78 is 0. The third-order valence-electron chi connectivity index (χ3n) is 4.27. The van der Waals surface area contributed by atoms with Crippen molar-refractivity contribution in [2.24, 2.45) is 5.92 Å². The van der Waals surface area contributed by atoms with Gasteiger partial charge in [-0.1, -0.05) is 20.8 Å². The summed E-state index contributed by atoms with van der Waals surface area (Å²) in [6.45, 7) is 12.1. The van der Waals surface area contributed by atoms with Gasteiger partial charge >= 0.3 is 0 Å². The quantitative estimate of drug-likeness (QED) is 0.865. The van der Waals surface area contributed by atoms with Crippen LogP contribution in [0, 0.1) is 12.8 Å². The number of nitrogens with one attached hydrogen (secondary N) is 1. The molecule has 2 heterocycles. The lowest BCUT2D eigenvalue weighted by atomic mass is 9.99. The van der Waals surface area contributed by atoms with Crippen LogP contribution in [0.3, 0.4) is 0 Å². The van der Waals surface area contributed by atoms with E-state index in [0.29, 0.717) is 0 Å². The van der Waals surface area contributed by atoms with Crippen LogP contribution in [0.5, 0.6) is 0 Å². The third kappa shape index (κ3) is 4.08. The van der Waals surface area contributed by atoms with Crippen LogP contribution in [0.1, 0.15) is 57.8 Å². The molecule has 0 radical (unpaired) electrons. The van der Waals surface area contributed by atoms with E-state index in [9.17, 15) is 0 Å². The molecule has 1 aliphatic rings. The minimum absolute atomic E-state index is 0.844. The second-order valence-corrected chi connectivity index (χ2v) is 6.28. The highest BCUT2D eigenvalue weighted by molar-refractivity contribution is 5.58. The molecule has 0 aromatic carbocycles. The molecular formula is C17H30N4. The SMILES string of the molecule is CCCNc1nc(CCC)nc(N2CCC(C)CC2)c1C. The first-order valence-corrected chi connectivity index (χ1v) is 8.52. The molecule has 1 saturated heterocycles. The van der Waals surface area contributed by atoms with Gasteiger partial charge in [-0.05, 0) is 38.5 Å². The van der Waals surface area contributed by atoms with E-state index >= 15 is 0 Å². The summed E-state index contributed by atoms with van der Waals surface area (Å²) in [5, 5.41) is 3.47. The highest BCUT2D eigenvalue weighted by atomic mass is 15.2. The lowest BCUT2D eigenvalue weighted by molar-refractivity contribution is 0.436. The van der Waals surface area contributed by atoms with E-state index in [4.69, 9.17) is 9.97 Å². The van der Waals surface area contributed by atoms with E-state index in [-0.39, 0.29) is 0 Å². The number of piperidine rings is 1. The Hall–Kier alpha value is -1.32. The summed E-state index contributed by atoms with van der Waals surface area (Å²) >= 11 is 0. The monoisotopic (exact) mass is 290 g/mol. The second-order valence-electron chi connectivity index (χ2n) is 6.28. The van der Waals surface area contributed by atoms with Gasteiger partial charge < -0.3 is 10.2 Å². The second kappa shape index (κ2) is 7.62. The predicted octanol–water partition coefficient (Wildman–Crippen LogP) is 3.80. The normalized spacial score (nSPS) is 16.3. The molecule has 118 valence electrons. The van der Waals surface area contributed by atoms with Crippen LogP contribution < -0.4 is 10.2 Å². The van der Waals surface area contributed by atoms with Crippen LogP contribution in [-0.4, -0.2) is 29.6 Å². The highest BCUT2D eigenvalue weighted by Crippen LogP contribution is 2.28. The lowest BCUT2D eigenvalue weighted by Gasteiger charge is -2.32. The zero-order valence-electron chi connectivity index (χ0n) is 14.1. The minimum atomic E-state index is 0.844. The molecule has 0 spiro atoms. The molecule has 4 nitrogen and oxygen atoms in total. The van der Waals surface area contributed by atoms with Crippen molar-refractivity contribution in [3.63, 3.8) is 0 Å². The largest absolute Gasteiger partial charge is 0.370 e. The Morgan fingerprint density at radius 2 is 1.86 bits per heavy atom. The smallest absolute Gasteiger partial charge is 0.137 e. The number of nitrogens with zero attached hydrogens (tertiary/aromatic N) is 3. The fourth-order valence-corrected chi connectivity index (χ4v) is 2.83. The van der Waals surface area contributed by atoms with Gasteiger partial charge in [0.15, 0.2) is 0 Å². The zero-order chi connectivity index (χ0) is 15.2. The summed E-state index contributed by atoms with van der Waals surface area (Å²) in [6, 6.07) is 0. The van der Waals surface area contributed by atoms with Gasteiger partial charge in [-0.2, -0.15) is 0 Å². The molecule has 21 heavy (non-hydrogen) atoms. The van der Waals surface area contributed by atoms with Crippen LogP contribution in [0.25, 0.3) is 0 Å². The number of aryl methyl sites for hydroxylation is 1. The molecule has 2 rings (SSSR count). The number of hydrogen-bond acceptors (Lipinski definition) is 4. The molecule has 1 N–H and O–H groups in total. The first-order valence-electron chi connectivity index (χ1n) is 8.52. The molecule has 0 bridgehead atoms. The number of hydrogen-bond donors (Lipinski definition) is 1. The van der Waals surface area contributed by atoms with Gasteiger partial charge in [-0.3, -0.25) is 0 Å². The molecule has 1 aromatic rings. The van der Waals surface area contributed by atoms with Crippen LogP contribution in [0.4, 0.5) is 11.6 Å². The molecule has 0 amide bonds. The molecule has 1 fully saturated rings. The van der Waals surface area contributed by atoms with Crippen LogP contribution in [0.15, 0.2) is 0 Å². The van der Waals surface area contributed by atoms with Gasteiger partial charge in [0.05, 0.1) is 0 Å². The van der Waals surface area contributed by atoms with Crippen molar-refractivity contribution in [3.8, 4) is 0 Å². The van der Waals surface area contributed by atoms with Gasteiger partial charge in [0.2, 0.25) is 0 Å². The Morgan fingerprint density at radius 3 is 2.48 bits per heavy atom. The number of aromatic nitrogens is 2. The highest BCUT2D eigenvalue weighted by Gasteiger charge is 2.21. The van der Waals surface area contributed by atoms with E-state index in [1.54, 1.807) is 0 Å². The lowest BCUT2D eigenvalue weighted by Crippen LogP contribution is -2.34. The van der Waals surface area contributed by atoms with Gasteiger partial charge in [0, 0.05) is 31.6 Å². The van der Waals surface area contributed by atoms with Crippen molar-refractivity contribution < 1.29 is 0 Å². The van der Waals surface area contributed by atoms with Gasteiger partial charge in [-0.15, -0.1) is 0 Å². The molecule has 0 atom stereocenters. The predicted molar refractivity (Wildman–Crippen MR) is 90.2 cm³/mol. The average Bonchev–Trinajstić information content (AvgIpc) is 2.49. The van der Waals surface area contributed by atoms with Gasteiger partial charge in [0.1, 0.15) is 17.5 Å². The summed E-state index contributed by atoms with van der Waals surface area (Å²) in [4.78, 5) is 12.0. The third-order valence-corrected chi connectivity index (χ3v) is 4.27. The summed E-state index contributed by atoms with van der Waals surface area (Å²) in [5.74, 6) is 4.01. The van der Waals surface area contributed by atoms with Crippen molar-refractivity contribution >= 4 is 11.6 Å². The zero-order valence-corrected chi connectivity index (χ0v) is 14.1. The Balaban J connectivity index is 2.26. The Bertz CT molecular complexity index is 450. The minimum Gasteiger partial charge on any atom is -0.370 e. The van der Waals surface area contributed by atoms with E-state index in [1.165, 1.54) is 18.4 Å². The fraction of sp³-hybridized carbons (Fsp3) is 0.765. The van der Waals surface area contributed by atoms with Crippen molar-refractivity contribution in [1.29, 1.82) is 0 Å². The van der Waals surface area contributed by atoms with Crippen LogP contribution >= 0.6 is 0 Å². The maximum atomic E-state index is 4.85. The maximum absolute atomic E-state index is 4.85. The molecule has 0 saturated carbocycles. The molecule has 0 unspecified atom stereocenters. The Morgan fingerprint density at radius 1 is 1.14 bits per heavy atom. The number of anilines is 2. The van der Waals surface area contributed by atoms with E-state index in [1.807, 2.05) is 0 Å². The maximum Gasteiger partial charge on any atom is 0.137 e. The molecule has 0 aliphatic carbocycles. The topological polar surface area (TPSA) is 41.1 Å². The molecular weight excluding hydrogens is 260 g/mol.